The normalized spacial score (nSPS) is 13.6. The number of fused-ring (bicyclic) bond motifs is 1. The van der Waals surface area contributed by atoms with E-state index in [0.717, 1.165) is 40.9 Å². The van der Waals surface area contributed by atoms with Gasteiger partial charge in [-0.3, -0.25) is 4.79 Å². The van der Waals surface area contributed by atoms with Crippen molar-refractivity contribution in [3.63, 3.8) is 0 Å². The SMILES string of the molecule is O=C(COc1ccc2ccccc2c1)Nc1ccc(-c2ccc(N3CCCCC3)nn2)cc1. The van der Waals surface area contributed by atoms with Crippen molar-refractivity contribution in [2.75, 3.05) is 29.9 Å². The van der Waals surface area contributed by atoms with Gasteiger partial charge in [-0.05, 0) is 66.4 Å². The van der Waals surface area contributed by atoms with Gasteiger partial charge in [0.25, 0.3) is 5.91 Å². The van der Waals surface area contributed by atoms with E-state index >= 15 is 0 Å². The molecule has 6 heteroatoms. The number of carbonyl (C=O) groups excluding carboxylic acids is 1. The maximum absolute atomic E-state index is 12.3. The first kappa shape index (κ1) is 20.9. The summed E-state index contributed by atoms with van der Waals surface area (Å²) in [5.74, 6) is 1.40. The Morgan fingerprint density at radius 3 is 2.39 bits per heavy atom. The summed E-state index contributed by atoms with van der Waals surface area (Å²) >= 11 is 0. The topological polar surface area (TPSA) is 67.3 Å². The van der Waals surface area contributed by atoms with E-state index in [9.17, 15) is 4.79 Å². The maximum Gasteiger partial charge on any atom is 0.262 e. The molecule has 5 rings (SSSR count). The number of ether oxygens (including phenoxy) is 1. The molecule has 3 aromatic carbocycles. The summed E-state index contributed by atoms with van der Waals surface area (Å²) in [4.78, 5) is 14.6. The Hall–Kier alpha value is -3.93. The number of nitrogens with zero attached hydrogens (tertiary/aromatic N) is 3. The van der Waals surface area contributed by atoms with E-state index in [-0.39, 0.29) is 12.5 Å². The Morgan fingerprint density at radius 2 is 1.64 bits per heavy atom. The van der Waals surface area contributed by atoms with Crippen LogP contribution in [0.4, 0.5) is 11.5 Å². The number of aromatic nitrogens is 2. The third-order valence-electron chi connectivity index (χ3n) is 5.89. The largest absolute Gasteiger partial charge is 0.484 e. The maximum atomic E-state index is 12.3. The van der Waals surface area contributed by atoms with Gasteiger partial charge in [0.2, 0.25) is 0 Å². The number of anilines is 2. The monoisotopic (exact) mass is 438 g/mol. The van der Waals surface area contributed by atoms with Crippen molar-refractivity contribution < 1.29 is 9.53 Å². The molecule has 0 aliphatic carbocycles. The number of amides is 1. The van der Waals surface area contributed by atoms with Gasteiger partial charge in [-0.1, -0.05) is 42.5 Å². The highest BCUT2D eigenvalue weighted by Crippen LogP contribution is 2.23. The van der Waals surface area contributed by atoms with Gasteiger partial charge in [0, 0.05) is 24.3 Å². The lowest BCUT2D eigenvalue weighted by Gasteiger charge is -2.27. The Bertz CT molecular complexity index is 1230. The first-order chi connectivity index (χ1) is 16.2. The quantitative estimate of drug-likeness (QED) is 0.442. The molecule has 1 aromatic heterocycles. The molecule has 1 fully saturated rings. The van der Waals surface area contributed by atoms with Crippen LogP contribution in [0, 0.1) is 0 Å². The fourth-order valence-corrected chi connectivity index (χ4v) is 4.10. The lowest BCUT2D eigenvalue weighted by atomic mass is 10.1. The van der Waals surface area contributed by atoms with Crippen molar-refractivity contribution in [2.45, 2.75) is 19.3 Å². The van der Waals surface area contributed by atoms with Gasteiger partial charge in [-0.15, -0.1) is 10.2 Å². The van der Waals surface area contributed by atoms with E-state index in [1.807, 2.05) is 78.9 Å². The van der Waals surface area contributed by atoms with Crippen LogP contribution in [0.5, 0.6) is 5.75 Å². The molecule has 0 saturated carbocycles. The molecule has 0 unspecified atom stereocenters. The molecule has 1 aliphatic rings. The highest BCUT2D eigenvalue weighted by molar-refractivity contribution is 5.92. The van der Waals surface area contributed by atoms with E-state index in [1.165, 1.54) is 19.3 Å². The Balaban J connectivity index is 1.16. The van der Waals surface area contributed by atoms with Crippen LogP contribution in [-0.4, -0.2) is 35.8 Å². The molecule has 1 amide bonds. The van der Waals surface area contributed by atoms with Crippen LogP contribution in [0.1, 0.15) is 19.3 Å². The molecule has 33 heavy (non-hydrogen) atoms. The molecule has 166 valence electrons. The van der Waals surface area contributed by atoms with Gasteiger partial charge in [-0.2, -0.15) is 0 Å². The number of nitrogens with one attached hydrogen (secondary N) is 1. The van der Waals surface area contributed by atoms with Crippen LogP contribution in [0.25, 0.3) is 22.0 Å². The lowest BCUT2D eigenvalue weighted by Crippen LogP contribution is -2.30. The van der Waals surface area contributed by atoms with Gasteiger partial charge in [-0.25, -0.2) is 0 Å². The molecule has 0 atom stereocenters. The average Bonchev–Trinajstić information content (AvgIpc) is 2.88. The van der Waals surface area contributed by atoms with Gasteiger partial charge < -0.3 is 15.0 Å². The Morgan fingerprint density at radius 1 is 0.848 bits per heavy atom. The van der Waals surface area contributed by atoms with Gasteiger partial charge >= 0.3 is 0 Å². The molecule has 0 radical (unpaired) electrons. The number of hydrogen-bond acceptors (Lipinski definition) is 5. The average molecular weight is 439 g/mol. The van der Waals surface area contributed by atoms with Crippen molar-refractivity contribution in [1.29, 1.82) is 0 Å². The van der Waals surface area contributed by atoms with Crippen molar-refractivity contribution in [2.24, 2.45) is 0 Å². The standard InChI is InChI=1S/C27H26N4O2/c32-27(19-33-24-13-10-20-6-2-3-7-22(20)18-24)28-23-11-8-21(9-12-23)25-14-15-26(30-29-25)31-16-4-1-5-17-31/h2-3,6-15,18H,1,4-5,16-17,19H2,(H,28,32). The highest BCUT2D eigenvalue weighted by atomic mass is 16.5. The highest BCUT2D eigenvalue weighted by Gasteiger charge is 2.13. The second kappa shape index (κ2) is 9.69. The van der Waals surface area contributed by atoms with Crippen LogP contribution in [-0.2, 0) is 4.79 Å². The molecule has 1 aliphatic heterocycles. The second-order valence-electron chi connectivity index (χ2n) is 8.25. The van der Waals surface area contributed by atoms with Gasteiger partial charge in [0.1, 0.15) is 5.75 Å². The van der Waals surface area contributed by atoms with Crippen molar-refractivity contribution in [1.82, 2.24) is 10.2 Å². The summed E-state index contributed by atoms with van der Waals surface area (Å²) in [7, 11) is 0. The molecule has 1 N–H and O–H groups in total. The van der Waals surface area contributed by atoms with E-state index in [0.29, 0.717) is 11.4 Å². The predicted octanol–water partition coefficient (Wildman–Crippen LogP) is 5.30. The van der Waals surface area contributed by atoms with Crippen LogP contribution in [0.2, 0.25) is 0 Å². The third-order valence-corrected chi connectivity index (χ3v) is 5.89. The third kappa shape index (κ3) is 5.12. The summed E-state index contributed by atoms with van der Waals surface area (Å²) < 4.78 is 5.67. The minimum absolute atomic E-state index is 0.0521. The molecule has 0 bridgehead atoms. The smallest absolute Gasteiger partial charge is 0.262 e. The van der Waals surface area contributed by atoms with E-state index in [4.69, 9.17) is 4.74 Å². The summed E-state index contributed by atoms with van der Waals surface area (Å²) in [5, 5.41) is 13.9. The summed E-state index contributed by atoms with van der Waals surface area (Å²) in [6, 6.07) is 25.5. The molecule has 2 heterocycles. The van der Waals surface area contributed by atoms with Gasteiger partial charge in [0.05, 0.1) is 5.69 Å². The van der Waals surface area contributed by atoms with Crippen molar-refractivity contribution in [3.05, 3.63) is 78.9 Å². The summed E-state index contributed by atoms with van der Waals surface area (Å²) in [6.45, 7) is 2.05. The number of hydrogen-bond donors (Lipinski definition) is 1. The number of carbonyl (C=O) groups is 1. The fourth-order valence-electron chi connectivity index (χ4n) is 4.10. The van der Waals surface area contributed by atoms with Gasteiger partial charge in [0.15, 0.2) is 12.4 Å². The van der Waals surface area contributed by atoms with Crippen LogP contribution >= 0.6 is 0 Å². The molecular weight excluding hydrogens is 412 g/mol. The van der Waals surface area contributed by atoms with Crippen LogP contribution < -0.4 is 15.0 Å². The summed E-state index contributed by atoms with van der Waals surface area (Å²) in [6.07, 6.45) is 3.72. The molecule has 0 spiro atoms. The van der Waals surface area contributed by atoms with E-state index in [1.54, 1.807) is 0 Å². The fraction of sp³-hybridized carbons (Fsp3) is 0.222. The minimum atomic E-state index is -0.207. The zero-order valence-corrected chi connectivity index (χ0v) is 18.4. The molecule has 1 saturated heterocycles. The van der Waals surface area contributed by atoms with Crippen LogP contribution in [0.3, 0.4) is 0 Å². The lowest BCUT2D eigenvalue weighted by molar-refractivity contribution is -0.118. The minimum Gasteiger partial charge on any atom is -0.484 e. The van der Waals surface area contributed by atoms with Crippen molar-refractivity contribution >= 4 is 28.2 Å². The molecule has 4 aromatic rings. The summed E-state index contributed by atoms with van der Waals surface area (Å²) in [5.41, 5.74) is 2.48. The zero-order chi connectivity index (χ0) is 22.5. The first-order valence-electron chi connectivity index (χ1n) is 11.4. The molecular formula is C27H26N4O2. The van der Waals surface area contributed by atoms with Crippen molar-refractivity contribution in [3.8, 4) is 17.0 Å². The van der Waals surface area contributed by atoms with Crippen LogP contribution in [0.15, 0.2) is 78.9 Å². The Labute approximate surface area is 193 Å². The Kier molecular flexibility index (Phi) is 6.15. The predicted molar refractivity (Wildman–Crippen MR) is 132 cm³/mol. The first-order valence-corrected chi connectivity index (χ1v) is 11.4. The van der Waals surface area contributed by atoms with E-state index in [2.05, 4.69) is 20.4 Å². The number of benzene rings is 3. The number of rotatable bonds is 6. The van der Waals surface area contributed by atoms with E-state index < -0.39 is 0 Å². The zero-order valence-electron chi connectivity index (χ0n) is 18.4. The number of piperidine rings is 1. The second-order valence-corrected chi connectivity index (χ2v) is 8.25. The molecule has 6 nitrogen and oxygen atoms in total.